The quantitative estimate of drug-likeness (QED) is 0.458. The summed E-state index contributed by atoms with van der Waals surface area (Å²) in [5.74, 6) is 0.188. The number of aryl methyl sites for hydroxylation is 1. The van der Waals surface area contributed by atoms with Crippen LogP contribution in [0.5, 0.6) is 0 Å². The number of amidine groups is 1. The second-order valence-electron chi connectivity index (χ2n) is 10.0. The molecular weight excluding hydrogens is 486 g/mol. The summed E-state index contributed by atoms with van der Waals surface area (Å²) >= 11 is 0. The molecule has 1 spiro atoms. The van der Waals surface area contributed by atoms with Gasteiger partial charge in [0, 0.05) is 44.6 Å². The summed E-state index contributed by atoms with van der Waals surface area (Å²) < 4.78 is 0. The summed E-state index contributed by atoms with van der Waals surface area (Å²) in [4.78, 5) is 50.2. The first kappa shape index (κ1) is 25.4. The van der Waals surface area contributed by atoms with E-state index >= 15 is 0 Å². The summed E-state index contributed by atoms with van der Waals surface area (Å²) in [5.41, 5.74) is 2.83. The molecule has 2 aromatic carbocycles. The molecule has 2 aliphatic heterocycles. The molecule has 0 radical (unpaired) electrons. The van der Waals surface area contributed by atoms with Crippen molar-refractivity contribution in [3.8, 4) is 0 Å². The average Bonchev–Trinajstić information content (AvgIpc) is 3.50. The first-order chi connectivity index (χ1) is 18.2. The Morgan fingerprint density at radius 3 is 2.63 bits per heavy atom. The highest BCUT2D eigenvalue weighted by molar-refractivity contribution is 6.15. The third-order valence-electron chi connectivity index (χ3n) is 7.07. The van der Waals surface area contributed by atoms with E-state index < -0.39 is 17.7 Å². The van der Waals surface area contributed by atoms with Gasteiger partial charge in [0.05, 0.1) is 11.7 Å². The van der Waals surface area contributed by atoms with Gasteiger partial charge in [0.25, 0.3) is 5.91 Å². The highest BCUT2D eigenvalue weighted by Crippen LogP contribution is 2.31. The minimum Gasteiger partial charge on any atom is -0.351 e. The zero-order valence-corrected chi connectivity index (χ0v) is 21.7. The van der Waals surface area contributed by atoms with E-state index in [2.05, 4.69) is 20.8 Å². The Balaban J connectivity index is 1.21. The molecule has 11 nitrogen and oxygen atoms in total. The van der Waals surface area contributed by atoms with Crippen LogP contribution in [0.2, 0.25) is 0 Å². The number of hydrogen-bond acceptors (Lipinski definition) is 7. The van der Waals surface area contributed by atoms with Crippen molar-refractivity contribution < 1.29 is 19.2 Å². The molecular formula is C27H31N7O4. The molecule has 1 atom stereocenters. The smallest absolute Gasteiger partial charge is 0.351 e. The number of nitrogens with zero attached hydrogens (tertiary/aromatic N) is 4. The van der Waals surface area contributed by atoms with E-state index in [1.165, 1.54) is 9.96 Å². The van der Waals surface area contributed by atoms with Crippen molar-refractivity contribution in [3.63, 3.8) is 0 Å². The largest absolute Gasteiger partial charge is 0.426 e. The monoisotopic (exact) mass is 517 g/mol. The molecule has 198 valence electrons. The molecule has 0 aliphatic carbocycles. The number of nitrogens with one attached hydrogen (secondary N) is 3. The molecule has 11 heteroatoms. The lowest BCUT2D eigenvalue weighted by molar-refractivity contribution is -0.140. The zero-order chi connectivity index (χ0) is 26.9. The summed E-state index contributed by atoms with van der Waals surface area (Å²) in [6.45, 7) is 2.65. The number of likely N-dealkylation sites (N-methyl/N-ethyl adjacent to an activating group) is 1. The van der Waals surface area contributed by atoms with Gasteiger partial charge in [-0.1, -0.05) is 36.4 Å². The average molecular weight is 518 g/mol. The van der Waals surface area contributed by atoms with E-state index in [0.717, 1.165) is 27.6 Å². The maximum Gasteiger partial charge on any atom is 0.426 e. The van der Waals surface area contributed by atoms with Gasteiger partial charge in [-0.2, -0.15) is 5.10 Å². The van der Waals surface area contributed by atoms with E-state index in [0.29, 0.717) is 38.2 Å². The van der Waals surface area contributed by atoms with Crippen LogP contribution in [0.3, 0.4) is 0 Å². The van der Waals surface area contributed by atoms with Crippen molar-refractivity contribution in [2.24, 2.45) is 4.99 Å². The van der Waals surface area contributed by atoms with E-state index in [-0.39, 0.29) is 11.8 Å². The SMILES string of the molecule is Cc1cc(CC(NC(=O)ON2CCC3(CC2)N=C(c2ccccc2)NC3=O)C(=O)N(C)C)cc2cn[nH]c12. The Bertz CT molecular complexity index is 1390. The number of H-pyrrole nitrogens is 1. The Hall–Kier alpha value is -4.25. The second-order valence-corrected chi connectivity index (χ2v) is 10.0. The topological polar surface area (TPSA) is 132 Å². The lowest BCUT2D eigenvalue weighted by atomic mass is 9.89. The van der Waals surface area contributed by atoms with Gasteiger partial charge in [-0.05, 0) is 37.0 Å². The molecule has 1 unspecified atom stereocenters. The molecule has 3 N–H and O–H groups in total. The molecule has 1 saturated heterocycles. The minimum absolute atomic E-state index is 0.137. The number of piperidine rings is 1. The van der Waals surface area contributed by atoms with Crippen LogP contribution in [0.25, 0.3) is 10.9 Å². The summed E-state index contributed by atoms with van der Waals surface area (Å²) in [6, 6.07) is 12.6. The van der Waals surface area contributed by atoms with Crippen LogP contribution in [0.1, 0.15) is 29.5 Å². The zero-order valence-electron chi connectivity index (χ0n) is 21.7. The first-order valence-electron chi connectivity index (χ1n) is 12.6. The van der Waals surface area contributed by atoms with Crippen LogP contribution in [0.15, 0.2) is 53.7 Å². The molecule has 3 aromatic rings. The van der Waals surface area contributed by atoms with Gasteiger partial charge in [-0.25, -0.2) is 4.79 Å². The van der Waals surface area contributed by atoms with Gasteiger partial charge < -0.3 is 20.4 Å². The molecule has 3 amide bonds. The number of amides is 3. The molecule has 0 saturated carbocycles. The predicted octanol–water partition coefficient (Wildman–Crippen LogP) is 1.92. The van der Waals surface area contributed by atoms with Crippen molar-refractivity contribution in [1.82, 2.24) is 30.8 Å². The Kier molecular flexibility index (Phi) is 6.85. The molecule has 1 aromatic heterocycles. The standard InChI is InChI=1S/C27H31N7O4/c1-17-13-18(14-20-16-28-32-22(17)20)15-21(24(35)33(2)3)29-26(37)38-34-11-9-27(10-12-34)25(36)30-23(31-27)19-7-5-4-6-8-19/h4-8,13-14,16,21H,9-12,15H2,1-3H3,(H,28,32)(H,29,37)(H,30,31,36). The first-order valence-corrected chi connectivity index (χ1v) is 12.6. The molecule has 5 rings (SSSR count). The molecule has 38 heavy (non-hydrogen) atoms. The minimum atomic E-state index is -0.867. The molecule has 3 heterocycles. The highest BCUT2D eigenvalue weighted by Gasteiger charge is 2.46. The predicted molar refractivity (Wildman–Crippen MR) is 141 cm³/mol. The van der Waals surface area contributed by atoms with E-state index in [1.54, 1.807) is 20.3 Å². The second kappa shape index (κ2) is 10.3. The molecule has 2 aliphatic rings. The van der Waals surface area contributed by atoms with Crippen LogP contribution in [0, 0.1) is 6.92 Å². The lowest BCUT2D eigenvalue weighted by Crippen LogP contribution is -2.52. The van der Waals surface area contributed by atoms with Gasteiger partial charge in [0.1, 0.15) is 17.4 Å². The third kappa shape index (κ3) is 5.10. The van der Waals surface area contributed by atoms with Gasteiger partial charge in [-0.3, -0.25) is 19.7 Å². The van der Waals surface area contributed by atoms with Gasteiger partial charge in [-0.15, -0.1) is 5.06 Å². The van der Waals surface area contributed by atoms with E-state index in [9.17, 15) is 14.4 Å². The number of carbonyl (C=O) groups excluding carboxylic acids is 3. The van der Waals surface area contributed by atoms with Gasteiger partial charge >= 0.3 is 6.09 Å². The number of hydroxylamine groups is 2. The van der Waals surface area contributed by atoms with Crippen molar-refractivity contribution in [2.45, 2.75) is 37.8 Å². The Labute approximate surface area is 220 Å². The van der Waals surface area contributed by atoms with Crippen LogP contribution < -0.4 is 10.6 Å². The fourth-order valence-electron chi connectivity index (χ4n) is 5.00. The molecule has 1 fully saturated rings. The fourth-order valence-corrected chi connectivity index (χ4v) is 5.00. The number of benzene rings is 2. The van der Waals surface area contributed by atoms with E-state index in [4.69, 9.17) is 9.83 Å². The molecule has 0 bridgehead atoms. The number of fused-ring (bicyclic) bond motifs is 1. The normalized spacial score (nSPS) is 17.7. The van der Waals surface area contributed by atoms with Crippen LogP contribution in [-0.2, 0) is 20.8 Å². The maximum atomic E-state index is 12.9. The fraction of sp³-hybridized carbons (Fsp3) is 0.370. The van der Waals surface area contributed by atoms with Crippen molar-refractivity contribution in [2.75, 3.05) is 27.2 Å². The number of aliphatic imine (C=N–C) groups is 1. The number of hydrogen-bond donors (Lipinski definition) is 3. The lowest BCUT2D eigenvalue weighted by Gasteiger charge is -2.34. The van der Waals surface area contributed by atoms with Crippen molar-refractivity contribution in [1.29, 1.82) is 0 Å². The Morgan fingerprint density at radius 1 is 1.18 bits per heavy atom. The summed E-state index contributed by atoms with van der Waals surface area (Å²) in [7, 11) is 3.29. The van der Waals surface area contributed by atoms with Crippen LogP contribution >= 0.6 is 0 Å². The van der Waals surface area contributed by atoms with Gasteiger partial charge in [0.2, 0.25) is 5.91 Å². The third-order valence-corrected chi connectivity index (χ3v) is 7.07. The van der Waals surface area contributed by atoms with Crippen LogP contribution in [0.4, 0.5) is 4.79 Å². The van der Waals surface area contributed by atoms with Gasteiger partial charge in [0.15, 0.2) is 0 Å². The van der Waals surface area contributed by atoms with Crippen molar-refractivity contribution in [3.05, 3.63) is 65.4 Å². The van der Waals surface area contributed by atoms with E-state index in [1.807, 2.05) is 49.4 Å². The summed E-state index contributed by atoms with van der Waals surface area (Å²) in [6.07, 6.45) is 2.14. The number of carbonyl (C=O) groups is 3. The van der Waals surface area contributed by atoms with Crippen molar-refractivity contribution >= 4 is 34.6 Å². The highest BCUT2D eigenvalue weighted by atomic mass is 16.7. The number of aromatic nitrogens is 2. The number of rotatable bonds is 6. The summed E-state index contributed by atoms with van der Waals surface area (Å²) in [5, 5.41) is 15.1. The number of aromatic amines is 1. The maximum absolute atomic E-state index is 12.9. The Morgan fingerprint density at radius 2 is 1.92 bits per heavy atom. The van der Waals surface area contributed by atoms with Crippen LogP contribution in [-0.4, -0.2) is 82.7 Å².